The van der Waals surface area contributed by atoms with Crippen molar-refractivity contribution in [1.29, 1.82) is 0 Å². The summed E-state index contributed by atoms with van der Waals surface area (Å²) in [6.45, 7) is 2.90. The molecular formula is C20H18BrN3O3S. The van der Waals surface area contributed by atoms with E-state index in [0.29, 0.717) is 35.6 Å². The van der Waals surface area contributed by atoms with Crippen molar-refractivity contribution in [2.45, 2.75) is 17.3 Å². The number of H-pyrrole nitrogens is 1. The van der Waals surface area contributed by atoms with Crippen molar-refractivity contribution in [1.82, 2.24) is 9.97 Å². The molecule has 1 amide bonds. The van der Waals surface area contributed by atoms with E-state index in [4.69, 9.17) is 9.47 Å². The molecule has 0 saturated carbocycles. The van der Waals surface area contributed by atoms with Crippen LogP contribution in [0.25, 0.3) is 11.3 Å². The molecule has 1 aromatic heterocycles. The highest BCUT2D eigenvalue weighted by atomic mass is 79.9. The fourth-order valence-corrected chi connectivity index (χ4v) is 3.77. The summed E-state index contributed by atoms with van der Waals surface area (Å²) in [6, 6.07) is 13.4. The summed E-state index contributed by atoms with van der Waals surface area (Å²) in [7, 11) is 0. The van der Waals surface area contributed by atoms with Crippen LogP contribution >= 0.6 is 27.7 Å². The van der Waals surface area contributed by atoms with Crippen LogP contribution in [0.4, 0.5) is 5.69 Å². The molecule has 6 nitrogen and oxygen atoms in total. The molecule has 2 N–H and O–H groups in total. The Kier molecular flexibility index (Phi) is 5.59. The summed E-state index contributed by atoms with van der Waals surface area (Å²) in [4.78, 5) is 20.2. The molecule has 0 saturated heterocycles. The van der Waals surface area contributed by atoms with Gasteiger partial charge in [0, 0.05) is 16.2 Å². The number of aromatic amines is 1. The standard InChI is InChI=1S/C20H18BrN3O3S/c1-12(19(25)23-15-6-7-17-18(10-15)27-9-8-26-17)28-20-22-11-16(24-20)13-2-4-14(21)5-3-13/h2-7,10-12H,8-9H2,1H3,(H,22,24)(H,23,25)/t12-/m1/s1. The summed E-state index contributed by atoms with van der Waals surface area (Å²) in [6.07, 6.45) is 1.77. The zero-order valence-corrected chi connectivity index (χ0v) is 17.5. The third-order valence-electron chi connectivity index (χ3n) is 4.18. The van der Waals surface area contributed by atoms with E-state index in [2.05, 4.69) is 31.2 Å². The highest BCUT2D eigenvalue weighted by molar-refractivity contribution is 9.10. The van der Waals surface area contributed by atoms with E-state index in [1.54, 1.807) is 24.4 Å². The topological polar surface area (TPSA) is 76.2 Å². The minimum atomic E-state index is -0.322. The average Bonchev–Trinajstić information content (AvgIpc) is 3.17. The highest BCUT2D eigenvalue weighted by Crippen LogP contribution is 2.33. The molecule has 1 aliphatic heterocycles. The number of imidazole rings is 1. The van der Waals surface area contributed by atoms with Gasteiger partial charge in [-0.1, -0.05) is 39.8 Å². The van der Waals surface area contributed by atoms with E-state index in [-0.39, 0.29) is 11.2 Å². The van der Waals surface area contributed by atoms with Gasteiger partial charge < -0.3 is 19.8 Å². The Bertz CT molecular complexity index is 991. The summed E-state index contributed by atoms with van der Waals surface area (Å²) in [5, 5.41) is 3.29. The Morgan fingerprint density at radius 2 is 1.93 bits per heavy atom. The van der Waals surface area contributed by atoms with Gasteiger partial charge in [-0.15, -0.1) is 0 Å². The molecule has 0 radical (unpaired) electrons. The number of nitrogens with zero attached hydrogens (tertiary/aromatic N) is 1. The van der Waals surface area contributed by atoms with Gasteiger partial charge in [-0.05, 0) is 36.8 Å². The number of ether oxygens (including phenoxy) is 2. The minimum absolute atomic E-state index is 0.108. The predicted molar refractivity (Wildman–Crippen MR) is 113 cm³/mol. The van der Waals surface area contributed by atoms with Crippen LogP contribution in [0, 0.1) is 0 Å². The third kappa shape index (κ3) is 4.34. The van der Waals surface area contributed by atoms with Crippen molar-refractivity contribution < 1.29 is 14.3 Å². The van der Waals surface area contributed by atoms with Gasteiger partial charge in [-0.3, -0.25) is 4.79 Å². The summed E-state index contributed by atoms with van der Waals surface area (Å²) in [5.41, 5.74) is 2.63. The molecule has 0 aliphatic carbocycles. The van der Waals surface area contributed by atoms with Gasteiger partial charge in [0.25, 0.3) is 0 Å². The second kappa shape index (κ2) is 8.28. The second-order valence-electron chi connectivity index (χ2n) is 6.22. The lowest BCUT2D eigenvalue weighted by molar-refractivity contribution is -0.115. The van der Waals surface area contributed by atoms with Crippen LogP contribution in [0.1, 0.15) is 6.92 Å². The van der Waals surface area contributed by atoms with Crippen LogP contribution in [0.3, 0.4) is 0 Å². The van der Waals surface area contributed by atoms with E-state index in [0.717, 1.165) is 15.7 Å². The monoisotopic (exact) mass is 459 g/mol. The number of hydrogen-bond acceptors (Lipinski definition) is 5. The van der Waals surface area contributed by atoms with Gasteiger partial charge in [-0.2, -0.15) is 0 Å². The van der Waals surface area contributed by atoms with Crippen molar-refractivity contribution in [3.8, 4) is 22.8 Å². The number of rotatable bonds is 5. The van der Waals surface area contributed by atoms with Crippen molar-refractivity contribution in [2.75, 3.05) is 18.5 Å². The number of amides is 1. The van der Waals surface area contributed by atoms with E-state index in [9.17, 15) is 4.79 Å². The van der Waals surface area contributed by atoms with Crippen molar-refractivity contribution in [3.63, 3.8) is 0 Å². The fraction of sp³-hybridized carbons (Fsp3) is 0.200. The van der Waals surface area contributed by atoms with Crippen LogP contribution in [-0.4, -0.2) is 34.3 Å². The number of halogens is 1. The normalized spacial score (nSPS) is 13.8. The van der Waals surface area contributed by atoms with Gasteiger partial charge in [0.2, 0.25) is 5.91 Å². The first-order valence-corrected chi connectivity index (χ1v) is 10.4. The predicted octanol–water partition coefficient (Wildman–Crippen LogP) is 4.73. The summed E-state index contributed by atoms with van der Waals surface area (Å²) >= 11 is 4.80. The van der Waals surface area contributed by atoms with Crippen LogP contribution in [0.15, 0.2) is 58.3 Å². The lowest BCUT2D eigenvalue weighted by Gasteiger charge is -2.19. The quantitative estimate of drug-likeness (QED) is 0.539. The first-order chi connectivity index (χ1) is 13.6. The molecule has 0 spiro atoms. The van der Waals surface area contributed by atoms with Crippen LogP contribution < -0.4 is 14.8 Å². The van der Waals surface area contributed by atoms with Crippen LogP contribution in [-0.2, 0) is 4.79 Å². The Morgan fingerprint density at radius 3 is 2.71 bits per heavy atom. The first kappa shape index (κ1) is 18.9. The molecule has 0 unspecified atom stereocenters. The van der Waals surface area contributed by atoms with Gasteiger partial charge in [0.1, 0.15) is 13.2 Å². The zero-order valence-electron chi connectivity index (χ0n) is 15.1. The molecule has 144 valence electrons. The Morgan fingerprint density at radius 1 is 1.18 bits per heavy atom. The van der Waals surface area contributed by atoms with Crippen molar-refractivity contribution >= 4 is 39.3 Å². The maximum absolute atomic E-state index is 12.5. The van der Waals surface area contributed by atoms with E-state index in [1.165, 1.54) is 11.8 Å². The average molecular weight is 460 g/mol. The van der Waals surface area contributed by atoms with Crippen molar-refractivity contribution in [2.24, 2.45) is 0 Å². The maximum Gasteiger partial charge on any atom is 0.237 e. The highest BCUT2D eigenvalue weighted by Gasteiger charge is 2.18. The molecule has 3 aromatic rings. The number of thioether (sulfide) groups is 1. The number of aromatic nitrogens is 2. The zero-order chi connectivity index (χ0) is 19.5. The fourth-order valence-electron chi connectivity index (χ4n) is 2.72. The molecule has 8 heteroatoms. The number of anilines is 1. The second-order valence-corrected chi connectivity index (χ2v) is 8.46. The molecule has 2 heterocycles. The van der Waals surface area contributed by atoms with E-state index >= 15 is 0 Å². The number of carbonyl (C=O) groups excluding carboxylic acids is 1. The van der Waals surface area contributed by atoms with Crippen LogP contribution in [0.5, 0.6) is 11.5 Å². The SMILES string of the molecule is C[C@@H](Sc1ncc(-c2ccc(Br)cc2)[nH]1)C(=O)Nc1ccc2c(c1)OCCO2. The number of nitrogens with one attached hydrogen (secondary N) is 2. The largest absolute Gasteiger partial charge is 0.486 e. The Labute approximate surface area is 175 Å². The molecule has 1 aliphatic rings. The van der Waals surface area contributed by atoms with Gasteiger partial charge >= 0.3 is 0 Å². The summed E-state index contributed by atoms with van der Waals surface area (Å²) < 4.78 is 12.1. The van der Waals surface area contributed by atoms with Gasteiger partial charge in [-0.25, -0.2) is 4.98 Å². The molecule has 0 bridgehead atoms. The number of fused-ring (bicyclic) bond motifs is 1. The molecule has 0 fully saturated rings. The van der Waals surface area contributed by atoms with Gasteiger partial charge in [0.15, 0.2) is 16.7 Å². The molecule has 28 heavy (non-hydrogen) atoms. The maximum atomic E-state index is 12.5. The number of carbonyl (C=O) groups is 1. The van der Waals surface area contributed by atoms with E-state index in [1.807, 2.05) is 31.2 Å². The minimum Gasteiger partial charge on any atom is -0.486 e. The molecular weight excluding hydrogens is 442 g/mol. The Balaban J connectivity index is 1.39. The third-order valence-corrected chi connectivity index (χ3v) is 5.70. The first-order valence-electron chi connectivity index (χ1n) is 8.76. The molecule has 2 aromatic carbocycles. The molecule has 4 rings (SSSR count). The summed E-state index contributed by atoms with van der Waals surface area (Å²) in [5.74, 6) is 1.24. The van der Waals surface area contributed by atoms with Crippen LogP contribution in [0.2, 0.25) is 0 Å². The lowest BCUT2D eigenvalue weighted by atomic mass is 10.2. The number of benzene rings is 2. The lowest BCUT2D eigenvalue weighted by Crippen LogP contribution is -2.23. The van der Waals surface area contributed by atoms with Crippen molar-refractivity contribution in [3.05, 3.63) is 53.1 Å². The smallest absolute Gasteiger partial charge is 0.237 e. The van der Waals surface area contributed by atoms with E-state index < -0.39 is 0 Å². The molecule has 1 atom stereocenters. The van der Waals surface area contributed by atoms with Gasteiger partial charge in [0.05, 0.1) is 17.1 Å². The number of hydrogen-bond donors (Lipinski definition) is 2. The Hall–Kier alpha value is -2.45.